The van der Waals surface area contributed by atoms with Gasteiger partial charge in [0.15, 0.2) is 0 Å². The van der Waals surface area contributed by atoms with E-state index in [1.165, 1.54) is 7.11 Å². The topological polar surface area (TPSA) is 76.7 Å². The summed E-state index contributed by atoms with van der Waals surface area (Å²) in [6, 6.07) is -0.00609. The number of methoxy groups -OCH3 is 1. The Morgan fingerprint density at radius 3 is 2.53 bits per heavy atom. The summed E-state index contributed by atoms with van der Waals surface area (Å²) in [5, 5.41) is 5.82. The van der Waals surface area contributed by atoms with Crippen LogP contribution in [0.5, 0.6) is 0 Å². The number of esters is 1. The fourth-order valence-corrected chi connectivity index (χ4v) is 1.64. The molecular weight excluding hydrogens is 248 g/mol. The largest absolute Gasteiger partial charge is 0.469 e. The molecule has 0 bridgehead atoms. The van der Waals surface area contributed by atoms with E-state index < -0.39 is 11.7 Å². The first-order chi connectivity index (χ1) is 8.81. The number of hydrogen-bond donors (Lipinski definition) is 2. The zero-order valence-electron chi connectivity index (χ0n) is 11.9. The van der Waals surface area contributed by atoms with Crippen LogP contribution >= 0.6 is 0 Å². The Hall–Kier alpha value is -1.56. The summed E-state index contributed by atoms with van der Waals surface area (Å²) in [6.45, 7) is 6.36. The Balaban J connectivity index is 2.33. The first-order valence-electron chi connectivity index (χ1n) is 6.28. The zero-order chi connectivity index (χ0) is 14.5. The lowest BCUT2D eigenvalue weighted by atomic mass is 10.0. The number of ether oxygens (including phenoxy) is 2. The first-order valence-corrected chi connectivity index (χ1v) is 6.28. The molecule has 0 unspecified atom stereocenters. The Labute approximate surface area is 113 Å². The highest BCUT2D eigenvalue weighted by atomic mass is 16.6. The number of nitrogens with one attached hydrogen (secondary N) is 2. The van der Waals surface area contributed by atoms with Crippen LogP contribution in [0.2, 0.25) is 0 Å². The van der Waals surface area contributed by atoms with Crippen molar-refractivity contribution in [2.45, 2.75) is 32.4 Å². The third kappa shape index (κ3) is 5.74. The van der Waals surface area contributed by atoms with Gasteiger partial charge in [0.2, 0.25) is 0 Å². The van der Waals surface area contributed by atoms with Crippen molar-refractivity contribution < 1.29 is 19.1 Å². The second-order valence-electron chi connectivity index (χ2n) is 5.41. The molecule has 108 valence electrons. The standard InChI is InChI=1S/C13H22N2O4/c1-13(2,3)19-12(17)15-8-10-6-5-9(7-14-10)11(16)18-4/h5-6,9-10,14H,7-8H2,1-4H3,(H,15,17)/t9-,10+/m1/s1. The Kier molecular flexibility index (Phi) is 5.35. The predicted octanol–water partition coefficient (Wildman–Crippen LogP) is 0.828. The Morgan fingerprint density at radius 2 is 2.05 bits per heavy atom. The smallest absolute Gasteiger partial charge is 0.407 e. The average molecular weight is 270 g/mol. The van der Waals surface area contributed by atoms with Crippen molar-refractivity contribution in [2.75, 3.05) is 20.2 Å². The lowest BCUT2D eigenvalue weighted by molar-refractivity contribution is -0.143. The molecule has 6 nitrogen and oxygen atoms in total. The SMILES string of the molecule is COC(=O)[C@@H]1C=C[C@@H](CNC(=O)OC(C)(C)C)NC1. The average Bonchev–Trinajstić information content (AvgIpc) is 2.34. The van der Waals surface area contributed by atoms with Crippen LogP contribution < -0.4 is 10.6 Å². The van der Waals surface area contributed by atoms with Crippen molar-refractivity contribution in [1.82, 2.24) is 10.6 Å². The van der Waals surface area contributed by atoms with E-state index in [2.05, 4.69) is 15.4 Å². The molecule has 1 rings (SSSR count). The molecule has 0 radical (unpaired) electrons. The molecule has 0 saturated heterocycles. The highest BCUT2D eigenvalue weighted by Crippen LogP contribution is 2.08. The molecule has 1 aliphatic heterocycles. The summed E-state index contributed by atoms with van der Waals surface area (Å²) in [4.78, 5) is 22.8. The van der Waals surface area contributed by atoms with Crippen LogP contribution in [0.1, 0.15) is 20.8 Å². The molecule has 1 aliphatic rings. The van der Waals surface area contributed by atoms with Gasteiger partial charge < -0.3 is 20.1 Å². The molecule has 2 atom stereocenters. The van der Waals surface area contributed by atoms with Gasteiger partial charge in [-0.2, -0.15) is 0 Å². The summed E-state index contributed by atoms with van der Waals surface area (Å²) in [6.07, 6.45) is 3.20. The van der Waals surface area contributed by atoms with E-state index in [-0.39, 0.29) is 17.9 Å². The minimum atomic E-state index is -0.504. The van der Waals surface area contributed by atoms with Gasteiger partial charge in [-0.15, -0.1) is 0 Å². The van der Waals surface area contributed by atoms with E-state index in [0.29, 0.717) is 13.1 Å². The second kappa shape index (κ2) is 6.56. The molecular formula is C13H22N2O4. The number of carbonyl (C=O) groups is 2. The molecule has 6 heteroatoms. The van der Waals surface area contributed by atoms with Crippen LogP contribution in [0.3, 0.4) is 0 Å². The second-order valence-corrected chi connectivity index (χ2v) is 5.41. The molecule has 0 spiro atoms. The molecule has 0 fully saturated rings. The predicted molar refractivity (Wildman–Crippen MR) is 70.7 cm³/mol. The lowest BCUT2D eigenvalue weighted by Gasteiger charge is -2.24. The van der Waals surface area contributed by atoms with Gasteiger partial charge in [-0.1, -0.05) is 12.2 Å². The fraction of sp³-hybridized carbons (Fsp3) is 0.692. The number of hydrogen-bond acceptors (Lipinski definition) is 5. The Morgan fingerprint density at radius 1 is 1.37 bits per heavy atom. The summed E-state index contributed by atoms with van der Waals surface area (Å²) in [7, 11) is 1.37. The van der Waals surface area contributed by atoms with Crippen molar-refractivity contribution in [1.29, 1.82) is 0 Å². The minimum absolute atomic E-state index is 0.00609. The molecule has 0 saturated carbocycles. The van der Waals surface area contributed by atoms with Crippen LogP contribution in [-0.4, -0.2) is 43.9 Å². The molecule has 1 amide bonds. The number of rotatable bonds is 3. The van der Waals surface area contributed by atoms with E-state index in [0.717, 1.165) is 0 Å². The maximum atomic E-state index is 11.5. The molecule has 2 N–H and O–H groups in total. The van der Waals surface area contributed by atoms with Gasteiger partial charge in [-0.25, -0.2) is 4.79 Å². The van der Waals surface area contributed by atoms with Crippen molar-refractivity contribution in [3.8, 4) is 0 Å². The van der Waals surface area contributed by atoms with E-state index in [1.54, 1.807) is 6.08 Å². The molecule has 0 aromatic rings. The van der Waals surface area contributed by atoms with Gasteiger partial charge in [0, 0.05) is 19.1 Å². The van der Waals surface area contributed by atoms with E-state index in [4.69, 9.17) is 4.74 Å². The summed E-state index contributed by atoms with van der Waals surface area (Å²) in [5.74, 6) is -0.523. The maximum Gasteiger partial charge on any atom is 0.407 e. The zero-order valence-corrected chi connectivity index (χ0v) is 11.9. The van der Waals surface area contributed by atoms with Crippen LogP contribution in [0.25, 0.3) is 0 Å². The highest BCUT2D eigenvalue weighted by Gasteiger charge is 2.22. The molecule has 0 aromatic carbocycles. The quantitative estimate of drug-likeness (QED) is 0.587. The van der Waals surface area contributed by atoms with E-state index in [1.807, 2.05) is 26.8 Å². The molecule has 19 heavy (non-hydrogen) atoms. The van der Waals surface area contributed by atoms with Crippen LogP contribution in [-0.2, 0) is 14.3 Å². The van der Waals surface area contributed by atoms with E-state index in [9.17, 15) is 9.59 Å². The van der Waals surface area contributed by atoms with Crippen LogP contribution in [0.4, 0.5) is 4.79 Å². The van der Waals surface area contributed by atoms with E-state index >= 15 is 0 Å². The monoisotopic (exact) mass is 270 g/mol. The molecule has 1 heterocycles. The summed E-state index contributed by atoms with van der Waals surface area (Å²) in [5.41, 5.74) is -0.504. The lowest BCUT2D eigenvalue weighted by Crippen LogP contribution is -2.46. The third-order valence-electron chi connectivity index (χ3n) is 2.54. The minimum Gasteiger partial charge on any atom is -0.469 e. The van der Waals surface area contributed by atoms with Gasteiger partial charge in [0.1, 0.15) is 5.60 Å². The highest BCUT2D eigenvalue weighted by molar-refractivity contribution is 5.74. The van der Waals surface area contributed by atoms with Crippen molar-refractivity contribution >= 4 is 12.1 Å². The molecule has 0 aliphatic carbocycles. The number of carbonyl (C=O) groups excluding carboxylic acids is 2. The van der Waals surface area contributed by atoms with Gasteiger partial charge in [-0.05, 0) is 20.8 Å². The fourth-order valence-electron chi connectivity index (χ4n) is 1.64. The number of alkyl carbamates (subject to hydrolysis) is 1. The third-order valence-corrected chi connectivity index (χ3v) is 2.54. The van der Waals surface area contributed by atoms with Gasteiger partial charge in [0.05, 0.1) is 13.0 Å². The van der Waals surface area contributed by atoms with Crippen molar-refractivity contribution in [3.05, 3.63) is 12.2 Å². The Bertz CT molecular complexity index is 360. The van der Waals surface area contributed by atoms with Crippen molar-refractivity contribution in [3.63, 3.8) is 0 Å². The number of amides is 1. The van der Waals surface area contributed by atoms with Gasteiger partial charge in [-0.3, -0.25) is 4.79 Å². The van der Waals surface area contributed by atoms with Crippen LogP contribution in [0, 0.1) is 5.92 Å². The summed E-state index contributed by atoms with van der Waals surface area (Å²) >= 11 is 0. The summed E-state index contributed by atoms with van der Waals surface area (Å²) < 4.78 is 9.79. The van der Waals surface area contributed by atoms with Crippen molar-refractivity contribution in [2.24, 2.45) is 5.92 Å². The van der Waals surface area contributed by atoms with Gasteiger partial charge >= 0.3 is 12.1 Å². The van der Waals surface area contributed by atoms with Crippen LogP contribution in [0.15, 0.2) is 12.2 Å². The maximum absolute atomic E-state index is 11.5. The molecule has 0 aromatic heterocycles. The van der Waals surface area contributed by atoms with Gasteiger partial charge in [0.25, 0.3) is 0 Å². The normalized spacial score (nSPS) is 22.7. The first kappa shape index (κ1) is 15.5.